The molecule has 0 saturated carbocycles. The highest BCUT2D eigenvalue weighted by atomic mass is 16.3. The van der Waals surface area contributed by atoms with Crippen molar-refractivity contribution >= 4 is 11.6 Å². The number of nitrogens with one attached hydrogen (secondary N) is 1. The van der Waals surface area contributed by atoms with Gasteiger partial charge in [0.05, 0.1) is 5.41 Å². The minimum Gasteiger partial charge on any atom is -0.384 e. The van der Waals surface area contributed by atoms with Gasteiger partial charge in [0, 0.05) is 5.69 Å². The topological polar surface area (TPSA) is 49.3 Å². The molecule has 0 aliphatic carbocycles. The Morgan fingerprint density at radius 2 is 1.86 bits per heavy atom. The van der Waals surface area contributed by atoms with Gasteiger partial charge in [-0.3, -0.25) is 4.79 Å². The molecule has 1 unspecified atom stereocenters. The van der Waals surface area contributed by atoms with Crippen LogP contribution in [0.2, 0.25) is 0 Å². The van der Waals surface area contributed by atoms with Crippen molar-refractivity contribution in [1.29, 1.82) is 0 Å². The number of fused-ring (bicyclic) bond motifs is 1. The Bertz CT molecular complexity index is 719. The van der Waals surface area contributed by atoms with Crippen molar-refractivity contribution in [1.82, 2.24) is 0 Å². The van der Waals surface area contributed by atoms with Gasteiger partial charge in [-0.25, -0.2) is 0 Å². The van der Waals surface area contributed by atoms with E-state index in [2.05, 4.69) is 5.32 Å². The van der Waals surface area contributed by atoms with Crippen LogP contribution < -0.4 is 5.32 Å². The van der Waals surface area contributed by atoms with Crippen molar-refractivity contribution in [2.24, 2.45) is 0 Å². The van der Waals surface area contributed by atoms with Crippen molar-refractivity contribution in [3.05, 3.63) is 64.7 Å². The lowest BCUT2D eigenvalue weighted by atomic mass is 9.84. The number of aliphatic hydroxyl groups excluding tert-OH is 1. The summed E-state index contributed by atoms with van der Waals surface area (Å²) in [6.07, 6.45) is -0.678. The lowest BCUT2D eigenvalue weighted by Crippen LogP contribution is -2.26. The second-order valence-electron chi connectivity index (χ2n) is 6.14. The van der Waals surface area contributed by atoms with Crippen LogP contribution in [0.25, 0.3) is 0 Å². The van der Waals surface area contributed by atoms with Gasteiger partial charge in [-0.1, -0.05) is 30.3 Å². The summed E-state index contributed by atoms with van der Waals surface area (Å²) in [5.74, 6) is 0.0000291. The number of hydrogen-bond acceptors (Lipinski definition) is 2. The molecule has 0 aromatic heterocycles. The van der Waals surface area contributed by atoms with Gasteiger partial charge in [0.2, 0.25) is 5.91 Å². The van der Waals surface area contributed by atoms with Crippen molar-refractivity contribution in [2.45, 2.75) is 32.3 Å². The van der Waals surface area contributed by atoms with Gasteiger partial charge in [-0.05, 0) is 55.2 Å². The van der Waals surface area contributed by atoms with Crippen molar-refractivity contribution < 1.29 is 9.90 Å². The summed E-state index contributed by atoms with van der Waals surface area (Å²) >= 11 is 0. The summed E-state index contributed by atoms with van der Waals surface area (Å²) in [6, 6.07) is 13.5. The minimum atomic E-state index is -0.678. The number of hydrogen-bond donors (Lipinski definition) is 2. The predicted octanol–water partition coefficient (Wildman–Crippen LogP) is 3.31. The second-order valence-corrected chi connectivity index (χ2v) is 6.14. The van der Waals surface area contributed by atoms with Gasteiger partial charge < -0.3 is 10.4 Å². The Balaban J connectivity index is 2.05. The van der Waals surface area contributed by atoms with Gasteiger partial charge in [-0.2, -0.15) is 0 Å². The van der Waals surface area contributed by atoms with Crippen molar-refractivity contribution in [3.8, 4) is 0 Å². The summed E-state index contributed by atoms with van der Waals surface area (Å²) < 4.78 is 0. The fourth-order valence-electron chi connectivity index (χ4n) is 2.83. The Labute approximate surface area is 124 Å². The first-order valence-corrected chi connectivity index (χ1v) is 7.11. The number of anilines is 1. The lowest BCUT2D eigenvalue weighted by Gasteiger charge is -2.18. The van der Waals surface area contributed by atoms with Gasteiger partial charge in [0.15, 0.2) is 0 Å². The molecule has 1 amide bonds. The molecule has 2 aromatic rings. The first-order valence-electron chi connectivity index (χ1n) is 7.11. The SMILES string of the molecule is Cc1ccccc1C(O)c1ccc2c(c1)C(C)(C)C(=O)N2. The molecule has 2 N–H and O–H groups in total. The molecule has 108 valence electrons. The third-order valence-corrected chi connectivity index (χ3v) is 4.33. The highest BCUT2D eigenvalue weighted by Crippen LogP contribution is 2.39. The minimum absolute atomic E-state index is 0.0000291. The number of aliphatic hydroxyl groups is 1. The zero-order valence-electron chi connectivity index (χ0n) is 12.5. The molecular formula is C18H19NO2. The molecule has 3 heteroatoms. The van der Waals surface area contributed by atoms with Gasteiger partial charge in [0.25, 0.3) is 0 Å². The summed E-state index contributed by atoms with van der Waals surface area (Å²) in [7, 11) is 0. The monoisotopic (exact) mass is 281 g/mol. The molecule has 3 nitrogen and oxygen atoms in total. The largest absolute Gasteiger partial charge is 0.384 e. The van der Waals surface area contributed by atoms with Crippen LogP contribution in [0.3, 0.4) is 0 Å². The van der Waals surface area contributed by atoms with Gasteiger partial charge in [0.1, 0.15) is 6.10 Å². The summed E-state index contributed by atoms with van der Waals surface area (Å²) in [4.78, 5) is 12.0. The second kappa shape index (κ2) is 4.71. The average Bonchev–Trinajstić information content (AvgIpc) is 2.69. The molecule has 0 radical (unpaired) electrons. The van der Waals surface area contributed by atoms with Gasteiger partial charge in [-0.15, -0.1) is 0 Å². The molecule has 1 aliphatic heterocycles. The van der Waals surface area contributed by atoms with Crippen LogP contribution in [0.1, 0.15) is 42.2 Å². The van der Waals surface area contributed by atoms with Crippen LogP contribution >= 0.6 is 0 Å². The number of carbonyl (C=O) groups excluding carboxylic acids is 1. The molecule has 21 heavy (non-hydrogen) atoms. The number of rotatable bonds is 2. The molecule has 0 bridgehead atoms. The number of aryl methyl sites for hydroxylation is 1. The van der Waals surface area contributed by atoms with E-state index in [1.165, 1.54) is 0 Å². The van der Waals surface area contributed by atoms with E-state index in [4.69, 9.17) is 0 Å². The Morgan fingerprint density at radius 3 is 2.57 bits per heavy atom. The maximum Gasteiger partial charge on any atom is 0.234 e. The van der Waals surface area contributed by atoms with E-state index in [0.717, 1.165) is 27.9 Å². The molecule has 1 atom stereocenters. The normalized spacial score (nSPS) is 17.2. The van der Waals surface area contributed by atoms with E-state index >= 15 is 0 Å². The zero-order valence-corrected chi connectivity index (χ0v) is 12.5. The summed E-state index contributed by atoms with van der Waals surface area (Å²) in [6.45, 7) is 5.79. The molecule has 0 fully saturated rings. The number of carbonyl (C=O) groups is 1. The van der Waals surface area contributed by atoms with Crippen molar-refractivity contribution in [3.63, 3.8) is 0 Å². The fourth-order valence-corrected chi connectivity index (χ4v) is 2.83. The zero-order chi connectivity index (χ0) is 15.2. The standard InChI is InChI=1S/C18H19NO2/c1-11-6-4-5-7-13(11)16(20)12-8-9-15-14(10-12)18(2,3)17(21)19-15/h4-10,16,20H,1-3H3,(H,19,21). The first kappa shape index (κ1) is 13.8. The first-order chi connectivity index (χ1) is 9.91. The Morgan fingerprint density at radius 1 is 1.14 bits per heavy atom. The van der Waals surface area contributed by atoms with Crippen LogP contribution in [-0.4, -0.2) is 11.0 Å². The number of benzene rings is 2. The maximum absolute atomic E-state index is 12.0. The van der Waals surface area contributed by atoms with E-state index in [1.807, 2.05) is 63.2 Å². The van der Waals surface area contributed by atoms with Crippen LogP contribution in [0.15, 0.2) is 42.5 Å². The van der Waals surface area contributed by atoms with E-state index in [1.54, 1.807) is 0 Å². The summed E-state index contributed by atoms with van der Waals surface area (Å²) in [5, 5.41) is 13.5. The van der Waals surface area contributed by atoms with Crippen LogP contribution in [0.4, 0.5) is 5.69 Å². The van der Waals surface area contributed by atoms with Crippen LogP contribution in [-0.2, 0) is 10.2 Å². The molecule has 1 aliphatic rings. The smallest absolute Gasteiger partial charge is 0.234 e. The van der Waals surface area contributed by atoms with E-state index in [0.29, 0.717) is 0 Å². The lowest BCUT2D eigenvalue weighted by molar-refractivity contribution is -0.119. The quantitative estimate of drug-likeness (QED) is 0.887. The van der Waals surface area contributed by atoms with E-state index in [-0.39, 0.29) is 5.91 Å². The van der Waals surface area contributed by atoms with E-state index < -0.39 is 11.5 Å². The third-order valence-electron chi connectivity index (χ3n) is 4.33. The fraction of sp³-hybridized carbons (Fsp3) is 0.278. The highest BCUT2D eigenvalue weighted by Gasteiger charge is 2.38. The molecule has 3 rings (SSSR count). The third kappa shape index (κ3) is 2.14. The van der Waals surface area contributed by atoms with Crippen LogP contribution in [0.5, 0.6) is 0 Å². The van der Waals surface area contributed by atoms with Crippen LogP contribution in [0, 0.1) is 6.92 Å². The van der Waals surface area contributed by atoms with Gasteiger partial charge >= 0.3 is 0 Å². The van der Waals surface area contributed by atoms with Crippen molar-refractivity contribution in [2.75, 3.05) is 5.32 Å². The average molecular weight is 281 g/mol. The molecule has 0 spiro atoms. The maximum atomic E-state index is 12.0. The predicted molar refractivity (Wildman–Crippen MR) is 83.3 cm³/mol. The Kier molecular flexibility index (Phi) is 3.10. The molecule has 2 aromatic carbocycles. The summed E-state index contributed by atoms with van der Waals surface area (Å²) in [5.41, 5.74) is 3.99. The molecule has 0 saturated heterocycles. The Hall–Kier alpha value is -2.13. The number of amides is 1. The molecule has 1 heterocycles. The van der Waals surface area contributed by atoms with E-state index in [9.17, 15) is 9.90 Å². The molecular weight excluding hydrogens is 262 g/mol. The highest BCUT2D eigenvalue weighted by molar-refractivity contribution is 6.05.